The molecule has 0 spiro atoms. The summed E-state index contributed by atoms with van der Waals surface area (Å²) in [4.78, 5) is 16.4. The topological polar surface area (TPSA) is 30.0 Å². The molecule has 58 valence electrons. The molecule has 3 heteroatoms. The standard InChI is InChI=1S/C8H9NOS/c10-7-3-1-2-6(7)8-4-9-5-11-8/h4-6H,1-3H2. The maximum Gasteiger partial charge on any atom is 0.141 e. The minimum absolute atomic E-state index is 0.183. The number of hydrogen-bond donors (Lipinski definition) is 0. The van der Waals surface area contributed by atoms with Gasteiger partial charge in [-0.15, -0.1) is 11.3 Å². The molecule has 0 amide bonds. The molecule has 2 nitrogen and oxygen atoms in total. The third-order valence-electron chi connectivity index (χ3n) is 2.10. The van der Waals surface area contributed by atoms with Crippen molar-refractivity contribution in [3.63, 3.8) is 0 Å². The molecule has 0 saturated heterocycles. The molecule has 0 radical (unpaired) electrons. The van der Waals surface area contributed by atoms with E-state index in [0.717, 1.165) is 24.1 Å². The van der Waals surface area contributed by atoms with Gasteiger partial charge in [0.1, 0.15) is 5.78 Å². The number of thiazole rings is 1. The molecule has 2 rings (SSSR count). The average Bonchev–Trinajstić information content (AvgIpc) is 2.55. The number of carbonyl (C=O) groups excluding carboxylic acids is 1. The SMILES string of the molecule is O=C1CCCC1c1cncs1. The molecule has 1 aliphatic carbocycles. The van der Waals surface area contributed by atoms with Gasteiger partial charge in [0.25, 0.3) is 0 Å². The van der Waals surface area contributed by atoms with Gasteiger partial charge in [-0.05, 0) is 12.8 Å². The van der Waals surface area contributed by atoms with Crippen molar-refractivity contribution in [2.45, 2.75) is 25.2 Å². The summed E-state index contributed by atoms with van der Waals surface area (Å²) in [5.41, 5.74) is 1.79. The fourth-order valence-corrected chi connectivity index (χ4v) is 2.29. The number of aromatic nitrogens is 1. The van der Waals surface area contributed by atoms with Gasteiger partial charge in [0, 0.05) is 17.5 Å². The van der Waals surface area contributed by atoms with Crippen LogP contribution in [0.2, 0.25) is 0 Å². The van der Waals surface area contributed by atoms with Crippen molar-refractivity contribution >= 4 is 17.1 Å². The summed E-state index contributed by atoms with van der Waals surface area (Å²) in [5.74, 6) is 0.580. The molecule has 1 atom stereocenters. The smallest absolute Gasteiger partial charge is 0.141 e. The highest BCUT2D eigenvalue weighted by molar-refractivity contribution is 7.09. The van der Waals surface area contributed by atoms with Crippen molar-refractivity contribution in [1.29, 1.82) is 0 Å². The Morgan fingerprint density at radius 1 is 1.64 bits per heavy atom. The Morgan fingerprint density at radius 3 is 3.09 bits per heavy atom. The van der Waals surface area contributed by atoms with Crippen LogP contribution >= 0.6 is 11.3 Å². The van der Waals surface area contributed by atoms with E-state index in [1.54, 1.807) is 16.8 Å². The van der Waals surface area contributed by atoms with Gasteiger partial charge in [-0.25, -0.2) is 0 Å². The van der Waals surface area contributed by atoms with Crippen LogP contribution in [-0.4, -0.2) is 10.8 Å². The van der Waals surface area contributed by atoms with Crippen molar-refractivity contribution in [3.05, 3.63) is 16.6 Å². The van der Waals surface area contributed by atoms with Gasteiger partial charge in [0.2, 0.25) is 0 Å². The second-order valence-electron chi connectivity index (χ2n) is 2.81. The minimum Gasteiger partial charge on any atom is -0.299 e. The van der Waals surface area contributed by atoms with Crippen molar-refractivity contribution < 1.29 is 4.79 Å². The summed E-state index contributed by atoms with van der Waals surface area (Å²) in [6.45, 7) is 0. The molecule has 1 aromatic heterocycles. The average molecular weight is 167 g/mol. The van der Waals surface area contributed by atoms with E-state index in [9.17, 15) is 4.79 Å². The zero-order valence-corrected chi connectivity index (χ0v) is 6.93. The molecule has 11 heavy (non-hydrogen) atoms. The van der Waals surface area contributed by atoms with Gasteiger partial charge >= 0.3 is 0 Å². The molecule has 0 N–H and O–H groups in total. The van der Waals surface area contributed by atoms with Crippen molar-refractivity contribution in [2.24, 2.45) is 0 Å². The van der Waals surface area contributed by atoms with E-state index in [0.29, 0.717) is 5.78 Å². The molecule has 1 unspecified atom stereocenters. The van der Waals surface area contributed by atoms with Crippen LogP contribution in [0.1, 0.15) is 30.1 Å². The lowest BCUT2D eigenvalue weighted by Crippen LogP contribution is -2.01. The molecule has 1 fully saturated rings. The molecule has 1 heterocycles. The quantitative estimate of drug-likeness (QED) is 0.640. The predicted molar refractivity (Wildman–Crippen MR) is 43.7 cm³/mol. The van der Waals surface area contributed by atoms with Crippen molar-refractivity contribution in [1.82, 2.24) is 4.98 Å². The first-order valence-electron chi connectivity index (χ1n) is 3.79. The maximum absolute atomic E-state index is 11.3. The number of carbonyl (C=O) groups is 1. The summed E-state index contributed by atoms with van der Waals surface area (Å²) in [6.07, 6.45) is 4.67. The van der Waals surface area contributed by atoms with E-state index in [-0.39, 0.29) is 5.92 Å². The molecule has 1 aromatic rings. The van der Waals surface area contributed by atoms with Crippen LogP contribution < -0.4 is 0 Å². The highest BCUT2D eigenvalue weighted by atomic mass is 32.1. The van der Waals surface area contributed by atoms with Crippen LogP contribution in [0.3, 0.4) is 0 Å². The largest absolute Gasteiger partial charge is 0.299 e. The Morgan fingerprint density at radius 2 is 2.55 bits per heavy atom. The van der Waals surface area contributed by atoms with Crippen LogP contribution in [0.4, 0.5) is 0 Å². The number of ketones is 1. The lowest BCUT2D eigenvalue weighted by Gasteiger charge is -2.01. The number of rotatable bonds is 1. The van der Waals surface area contributed by atoms with E-state index < -0.39 is 0 Å². The zero-order valence-electron chi connectivity index (χ0n) is 6.12. The maximum atomic E-state index is 11.3. The van der Waals surface area contributed by atoms with Crippen LogP contribution in [0.5, 0.6) is 0 Å². The Kier molecular flexibility index (Phi) is 1.74. The number of nitrogens with zero attached hydrogens (tertiary/aromatic N) is 1. The molecular weight excluding hydrogens is 158 g/mol. The van der Waals surface area contributed by atoms with Gasteiger partial charge < -0.3 is 0 Å². The monoisotopic (exact) mass is 167 g/mol. The van der Waals surface area contributed by atoms with Crippen LogP contribution in [-0.2, 0) is 4.79 Å². The summed E-state index contributed by atoms with van der Waals surface area (Å²) in [5, 5.41) is 0. The minimum atomic E-state index is 0.183. The first kappa shape index (κ1) is 6.98. The molecular formula is C8H9NOS. The third kappa shape index (κ3) is 1.20. The summed E-state index contributed by atoms with van der Waals surface area (Å²) in [6, 6.07) is 0. The Bertz CT molecular complexity index is 255. The molecule has 0 aromatic carbocycles. The van der Waals surface area contributed by atoms with Gasteiger partial charge in [-0.1, -0.05) is 0 Å². The highest BCUT2D eigenvalue weighted by Crippen LogP contribution is 2.32. The lowest BCUT2D eigenvalue weighted by atomic mass is 10.1. The van der Waals surface area contributed by atoms with Gasteiger partial charge in [0.15, 0.2) is 0 Å². The van der Waals surface area contributed by atoms with Crippen molar-refractivity contribution in [3.8, 4) is 0 Å². The fraction of sp³-hybridized carbons (Fsp3) is 0.500. The second kappa shape index (κ2) is 2.74. The summed E-state index contributed by atoms with van der Waals surface area (Å²) in [7, 11) is 0. The third-order valence-corrected chi connectivity index (χ3v) is 2.99. The number of Topliss-reactive ketones (excluding diaryl/α,β-unsaturated/α-hetero) is 1. The van der Waals surface area contributed by atoms with Crippen LogP contribution in [0.15, 0.2) is 11.7 Å². The van der Waals surface area contributed by atoms with Gasteiger partial charge in [-0.2, -0.15) is 0 Å². The lowest BCUT2D eigenvalue weighted by molar-refractivity contribution is -0.118. The molecule has 1 aliphatic rings. The normalized spacial score (nSPS) is 24.4. The van der Waals surface area contributed by atoms with Crippen LogP contribution in [0, 0.1) is 0 Å². The fourth-order valence-electron chi connectivity index (χ4n) is 1.51. The Hall–Kier alpha value is -0.700. The van der Waals surface area contributed by atoms with Gasteiger partial charge in [-0.3, -0.25) is 9.78 Å². The highest BCUT2D eigenvalue weighted by Gasteiger charge is 2.26. The Labute approximate surface area is 69.3 Å². The van der Waals surface area contributed by atoms with E-state index in [1.165, 1.54) is 0 Å². The first-order chi connectivity index (χ1) is 5.38. The van der Waals surface area contributed by atoms with E-state index in [2.05, 4.69) is 4.98 Å². The predicted octanol–water partition coefficient (Wildman–Crippen LogP) is 1.98. The van der Waals surface area contributed by atoms with E-state index in [4.69, 9.17) is 0 Å². The van der Waals surface area contributed by atoms with E-state index >= 15 is 0 Å². The van der Waals surface area contributed by atoms with Crippen molar-refractivity contribution in [2.75, 3.05) is 0 Å². The first-order valence-corrected chi connectivity index (χ1v) is 4.67. The summed E-state index contributed by atoms with van der Waals surface area (Å²) < 4.78 is 0. The second-order valence-corrected chi connectivity index (χ2v) is 3.73. The summed E-state index contributed by atoms with van der Waals surface area (Å²) >= 11 is 1.59. The van der Waals surface area contributed by atoms with Gasteiger partial charge in [0.05, 0.1) is 11.4 Å². The van der Waals surface area contributed by atoms with Crippen LogP contribution in [0.25, 0.3) is 0 Å². The molecule has 0 aliphatic heterocycles. The number of hydrogen-bond acceptors (Lipinski definition) is 3. The van der Waals surface area contributed by atoms with E-state index in [1.807, 2.05) is 6.20 Å². The molecule has 1 saturated carbocycles. The molecule has 0 bridgehead atoms. The Balaban J connectivity index is 2.23. The zero-order chi connectivity index (χ0) is 7.68.